The molecule has 0 aliphatic carbocycles. The molecule has 0 aliphatic heterocycles. The summed E-state index contributed by atoms with van der Waals surface area (Å²) in [6.45, 7) is 4.04. The Kier molecular flexibility index (Phi) is 4.49. The number of unbranched alkanes of at least 4 members (excludes halogenated alkanes) is 1. The molecule has 1 aromatic heterocycles. The van der Waals surface area contributed by atoms with Crippen molar-refractivity contribution in [2.24, 2.45) is 0 Å². The Morgan fingerprint density at radius 1 is 1.54 bits per heavy atom. The van der Waals surface area contributed by atoms with E-state index in [1.54, 1.807) is 6.33 Å². The Morgan fingerprint density at radius 3 is 3.00 bits per heavy atom. The van der Waals surface area contributed by atoms with Crippen LogP contribution in [0.4, 0.5) is 0 Å². The van der Waals surface area contributed by atoms with E-state index >= 15 is 0 Å². The highest BCUT2D eigenvalue weighted by molar-refractivity contribution is 5.07. The number of aromatic nitrogens is 2. The zero-order valence-corrected chi connectivity index (χ0v) is 8.01. The first-order valence-corrected chi connectivity index (χ1v) is 4.65. The van der Waals surface area contributed by atoms with Crippen LogP contribution in [0, 0.1) is 6.92 Å². The van der Waals surface area contributed by atoms with Crippen molar-refractivity contribution < 1.29 is 5.11 Å². The van der Waals surface area contributed by atoms with Gasteiger partial charge in [0.25, 0.3) is 0 Å². The molecule has 0 aromatic carbocycles. The molecular weight excluding hydrogens is 166 g/mol. The second kappa shape index (κ2) is 5.72. The van der Waals surface area contributed by atoms with Gasteiger partial charge in [-0.1, -0.05) is 0 Å². The third-order valence-electron chi connectivity index (χ3n) is 1.99. The van der Waals surface area contributed by atoms with E-state index in [1.807, 2.05) is 6.92 Å². The largest absolute Gasteiger partial charge is 0.396 e. The van der Waals surface area contributed by atoms with Crippen LogP contribution < -0.4 is 5.32 Å². The Morgan fingerprint density at radius 2 is 2.38 bits per heavy atom. The maximum atomic E-state index is 8.55. The van der Waals surface area contributed by atoms with Crippen molar-refractivity contribution in [1.29, 1.82) is 0 Å². The molecule has 0 bridgehead atoms. The number of hydrogen-bond donors (Lipinski definition) is 3. The molecule has 74 valence electrons. The molecule has 0 saturated heterocycles. The van der Waals surface area contributed by atoms with Crippen LogP contribution >= 0.6 is 0 Å². The van der Waals surface area contributed by atoms with Gasteiger partial charge in [-0.05, 0) is 26.3 Å². The summed E-state index contributed by atoms with van der Waals surface area (Å²) in [6, 6.07) is 0. The molecule has 0 aliphatic rings. The van der Waals surface area contributed by atoms with Gasteiger partial charge in [0.1, 0.15) is 0 Å². The number of aromatic amines is 1. The van der Waals surface area contributed by atoms with Gasteiger partial charge in [0.15, 0.2) is 0 Å². The van der Waals surface area contributed by atoms with E-state index in [0.717, 1.165) is 37.3 Å². The number of aliphatic hydroxyl groups excluding tert-OH is 1. The molecule has 0 radical (unpaired) electrons. The van der Waals surface area contributed by atoms with Crippen molar-refractivity contribution in [3.63, 3.8) is 0 Å². The van der Waals surface area contributed by atoms with E-state index in [4.69, 9.17) is 5.11 Å². The Labute approximate surface area is 78.4 Å². The quantitative estimate of drug-likeness (QED) is 0.565. The lowest BCUT2D eigenvalue weighted by Crippen LogP contribution is -2.15. The van der Waals surface area contributed by atoms with E-state index in [1.165, 1.54) is 0 Å². The topological polar surface area (TPSA) is 60.9 Å². The Bertz CT molecular complexity index is 235. The van der Waals surface area contributed by atoms with Crippen molar-refractivity contribution in [3.05, 3.63) is 17.7 Å². The van der Waals surface area contributed by atoms with E-state index < -0.39 is 0 Å². The lowest BCUT2D eigenvalue weighted by atomic mass is 10.3. The molecule has 0 spiro atoms. The summed E-state index contributed by atoms with van der Waals surface area (Å²) in [6.07, 6.45) is 3.59. The van der Waals surface area contributed by atoms with Crippen molar-refractivity contribution in [2.75, 3.05) is 13.2 Å². The van der Waals surface area contributed by atoms with Crippen LogP contribution in [0.2, 0.25) is 0 Å². The monoisotopic (exact) mass is 183 g/mol. The van der Waals surface area contributed by atoms with Crippen molar-refractivity contribution >= 4 is 0 Å². The third-order valence-corrected chi connectivity index (χ3v) is 1.99. The highest BCUT2D eigenvalue weighted by Crippen LogP contribution is 1.98. The first-order chi connectivity index (χ1) is 6.34. The fraction of sp³-hybridized carbons (Fsp3) is 0.667. The SMILES string of the molecule is Cc1[nH]cnc1CNCCCCO. The van der Waals surface area contributed by atoms with Crippen LogP contribution in [0.15, 0.2) is 6.33 Å². The van der Waals surface area contributed by atoms with Gasteiger partial charge in [0.05, 0.1) is 12.0 Å². The van der Waals surface area contributed by atoms with Gasteiger partial charge in [0.2, 0.25) is 0 Å². The molecule has 0 fully saturated rings. The zero-order valence-electron chi connectivity index (χ0n) is 8.01. The van der Waals surface area contributed by atoms with Crippen LogP contribution in [0.5, 0.6) is 0 Å². The summed E-state index contributed by atoms with van der Waals surface area (Å²) in [5.41, 5.74) is 2.19. The summed E-state index contributed by atoms with van der Waals surface area (Å²) < 4.78 is 0. The van der Waals surface area contributed by atoms with E-state index in [9.17, 15) is 0 Å². The first-order valence-electron chi connectivity index (χ1n) is 4.65. The second-order valence-electron chi connectivity index (χ2n) is 3.08. The summed E-state index contributed by atoms with van der Waals surface area (Å²) in [5, 5.41) is 11.8. The summed E-state index contributed by atoms with van der Waals surface area (Å²) in [5.74, 6) is 0. The number of H-pyrrole nitrogens is 1. The number of hydrogen-bond acceptors (Lipinski definition) is 3. The van der Waals surface area contributed by atoms with Gasteiger partial charge in [-0.25, -0.2) is 4.98 Å². The molecule has 0 amide bonds. The molecule has 3 N–H and O–H groups in total. The fourth-order valence-electron chi connectivity index (χ4n) is 1.13. The van der Waals surface area contributed by atoms with Gasteiger partial charge < -0.3 is 15.4 Å². The van der Waals surface area contributed by atoms with E-state index in [0.29, 0.717) is 0 Å². The number of imidazole rings is 1. The Balaban J connectivity index is 2.10. The zero-order chi connectivity index (χ0) is 9.52. The average molecular weight is 183 g/mol. The standard InChI is InChI=1S/C9H17N3O/c1-8-9(12-7-11-8)6-10-4-2-3-5-13/h7,10,13H,2-6H2,1H3,(H,11,12). The normalized spacial score (nSPS) is 10.6. The number of aliphatic hydroxyl groups is 1. The van der Waals surface area contributed by atoms with Gasteiger partial charge in [-0.2, -0.15) is 0 Å². The predicted octanol–water partition coefficient (Wildman–Crippen LogP) is 0.580. The predicted molar refractivity (Wildman–Crippen MR) is 51.4 cm³/mol. The molecule has 0 atom stereocenters. The van der Waals surface area contributed by atoms with Crippen LogP contribution in [0.3, 0.4) is 0 Å². The van der Waals surface area contributed by atoms with Gasteiger partial charge >= 0.3 is 0 Å². The number of rotatable bonds is 6. The highest BCUT2D eigenvalue weighted by atomic mass is 16.2. The molecule has 1 rings (SSSR count). The number of nitrogens with one attached hydrogen (secondary N) is 2. The molecule has 4 heteroatoms. The van der Waals surface area contributed by atoms with Gasteiger partial charge in [-0.3, -0.25) is 0 Å². The maximum absolute atomic E-state index is 8.55. The summed E-state index contributed by atoms with van der Waals surface area (Å²) >= 11 is 0. The molecule has 1 heterocycles. The number of nitrogens with zero attached hydrogens (tertiary/aromatic N) is 1. The van der Waals surface area contributed by atoms with Crippen LogP contribution in [0.1, 0.15) is 24.2 Å². The minimum absolute atomic E-state index is 0.281. The molecular formula is C9H17N3O. The van der Waals surface area contributed by atoms with Crippen molar-refractivity contribution in [3.8, 4) is 0 Å². The summed E-state index contributed by atoms with van der Waals surface area (Å²) in [4.78, 5) is 7.20. The first kappa shape index (κ1) is 10.2. The smallest absolute Gasteiger partial charge is 0.0925 e. The number of aryl methyl sites for hydroxylation is 1. The molecule has 4 nitrogen and oxygen atoms in total. The molecule has 0 unspecified atom stereocenters. The fourth-order valence-corrected chi connectivity index (χ4v) is 1.13. The lowest BCUT2D eigenvalue weighted by Gasteiger charge is -2.01. The minimum atomic E-state index is 0.281. The second-order valence-corrected chi connectivity index (χ2v) is 3.08. The van der Waals surface area contributed by atoms with Gasteiger partial charge in [-0.15, -0.1) is 0 Å². The summed E-state index contributed by atoms with van der Waals surface area (Å²) in [7, 11) is 0. The van der Waals surface area contributed by atoms with Crippen molar-refractivity contribution in [1.82, 2.24) is 15.3 Å². The van der Waals surface area contributed by atoms with Crippen LogP contribution in [-0.4, -0.2) is 28.2 Å². The average Bonchev–Trinajstić information content (AvgIpc) is 2.52. The van der Waals surface area contributed by atoms with Crippen LogP contribution in [-0.2, 0) is 6.54 Å². The highest BCUT2D eigenvalue weighted by Gasteiger charge is 1.98. The minimum Gasteiger partial charge on any atom is -0.396 e. The van der Waals surface area contributed by atoms with Crippen molar-refractivity contribution in [2.45, 2.75) is 26.3 Å². The Hall–Kier alpha value is -0.870. The van der Waals surface area contributed by atoms with Gasteiger partial charge in [0, 0.05) is 18.8 Å². The molecule has 1 aromatic rings. The lowest BCUT2D eigenvalue weighted by molar-refractivity contribution is 0.283. The van der Waals surface area contributed by atoms with E-state index in [2.05, 4.69) is 15.3 Å². The third kappa shape index (κ3) is 3.57. The van der Waals surface area contributed by atoms with Crippen LogP contribution in [0.25, 0.3) is 0 Å². The van der Waals surface area contributed by atoms with E-state index in [-0.39, 0.29) is 6.61 Å². The molecule has 0 saturated carbocycles. The maximum Gasteiger partial charge on any atom is 0.0925 e. The molecule has 13 heavy (non-hydrogen) atoms.